The first-order valence-corrected chi connectivity index (χ1v) is 5.53. The Kier molecular flexibility index (Phi) is 7.05. The predicted molar refractivity (Wildman–Crippen MR) is 64.6 cm³/mol. The minimum absolute atomic E-state index is 0.195. The van der Waals surface area contributed by atoms with Crippen LogP contribution in [0.5, 0.6) is 0 Å². The monoisotopic (exact) mass is 218 g/mol. The van der Waals surface area contributed by atoms with Gasteiger partial charge in [0, 0.05) is 13.2 Å². The smallest absolute Gasteiger partial charge is 0.0902 e. The summed E-state index contributed by atoms with van der Waals surface area (Å²) < 4.78 is 5.14. The standard InChI is InChI=1S/C10H22N2OS/c1-5-9(10(11)14)12(6-2)8(3)7-13-4/h8-9H,5-7H2,1-4H3,(H2,11,14). The molecule has 0 saturated heterocycles. The zero-order valence-electron chi connectivity index (χ0n) is 9.62. The average Bonchev–Trinajstić information content (AvgIpc) is 2.13. The van der Waals surface area contributed by atoms with Crippen molar-refractivity contribution in [2.24, 2.45) is 5.73 Å². The molecule has 0 aromatic carbocycles. The van der Waals surface area contributed by atoms with E-state index in [-0.39, 0.29) is 6.04 Å². The summed E-state index contributed by atoms with van der Waals surface area (Å²) in [7, 11) is 1.71. The highest BCUT2D eigenvalue weighted by Crippen LogP contribution is 2.09. The molecule has 0 saturated carbocycles. The molecule has 0 aromatic heterocycles. The van der Waals surface area contributed by atoms with E-state index in [1.807, 2.05) is 0 Å². The molecule has 2 atom stereocenters. The number of nitrogens with two attached hydrogens (primary N) is 1. The maximum absolute atomic E-state index is 5.71. The Morgan fingerprint density at radius 2 is 2.07 bits per heavy atom. The normalized spacial score (nSPS) is 15.5. The summed E-state index contributed by atoms with van der Waals surface area (Å²) in [4.78, 5) is 2.86. The fourth-order valence-corrected chi connectivity index (χ4v) is 2.08. The van der Waals surface area contributed by atoms with E-state index in [9.17, 15) is 0 Å². The van der Waals surface area contributed by atoms with E-state index in [0.29, 0.717) is 17.6 Å². The van der Waals surface area contributed by atoms with Gasteiger partial charge in [-0.15, -0.1) is 0 Å². The number of hydrogen-bond acceptors (Lipinski definition) is 3. The van der Waals surface area contributed by atoms with Crippen molar-refractivity contribution >= 4 is 17.2 Å². The second-order valence-corrected chi connectivity index (χ2v) is 3.93. The summed E-state index contributed by atoms with van der Waals surface area (Å²) >= 11 is 5.06. The highest BCUT2D eigenvalue weighted by Gasteiger charge is 2.22. The van der Waals surface area contributed by atoms with E-state index in [0.717, 1.165) is 13.0 Å². The largest absolute Gasteiger partial charge is 0.392 e. The second-order valence-electron chi connectivity index (χ2n) is 3.46. The van der Waals surface area contributed by atoms with Crippen molar-refractivity contribution in [3.63, 3.8) is 0 Å². The van der Waals surface area contributed by atoms with Gasteiger partial charge in [-0.05, 0) is 19.9 Å². The van der Waals surface area contributed by atoms with Gasteiger partial charge in [-0.25, -0.2) is 0 Å². The van der Waals surface area contributed by atoms with E-state index in [2.05, 4.69) is 25.7 Å². The van der Waals surface area contributed by atoms with Crippen LogP contribution in [0.3, 0.4) is 0 Å². The van der Waals surface area contributed by atoms with Crippen molar-refractivity contribution in [1.82, 2.24) is 4.90 Å². The SMILES string of the molecule is CCC(C(N)=S)N(CC)C(C)COC. The lowest BCUT2D eigenvalue weighted by molar-refractivity contribution is 0.0900. The number of hydrogen-bond donors (Lipinski definition) is 1. The first kappa shape index (κ1) is 13.8. The molecule has 0 aliphatic rings. The zero-order chi connectivity index (χ0) is 11.1. The minimum Gasteiger partial charge on any atom is -0.392 e. The summed E-state index contributed by atoms with van der Waals surface area (Å²) in [6, 6.07) is 0.552. The van der Waals surface area contributed by atoms with Crippen LogP contribution in [0, 0.1) is 0 Å². The third kappa shape index (κ3) is 3.90. The summed E-state index contributed by atoms with van der Waals surface area (Å²) in [5.74, 6) is 0. The Hall–Kier alpha value is -0.190. The number of methoxy groups -OCH3 is 1. The molecule has 4 heteroatoms. The molecule has 0 heterocycles. The first-order valence-electron chi connectivity index (χ1n) is 5.12. The Morgan fingerprint density at radius 1 is 1.50 bits per heavy atom. The van der Waals surface area contributed by atoms with Crippen LogP contribution in [0.25, 0.3) is 0 Å². The Balaban J connectivity index is 4.41. The van der Waals surface area contributed by atoms with Gasteiger partial charge < -0.3 is 10.5 Å². The molecule has 14 heavy (non-hydrogen) atoms. The van der Waals surface area contributed by atoms with E-state index < -0.39 is 0 Å². The number of ether oxygens (including phenoxy) is 1. The molecule has 2 unspecified atom stereocenters. The molecule has 2 N–H and O–H groups in total. The highest BCUT2D eigenvalue weighted by atomic mass is 32.1. The average molecular weight is 218 g/mol. The molecule has 0 aliphatic carbocycles. The molecule has 0 bridgehead atoms. The fourth-order valence-electron chi connectivity index (χ4n) is 1.78. The predicted octanol–water partition coefficient (Wildman–Crippen LogP) is 1.41. The van der Waals surface area contributed by atoms with E-state index in [1.54, 1.807) is 7.11 Å². The first-order chi connectivity index (χ1) is 6.58. The van der Waals surface area contributed by atoms with Crippen molar-refractivity contribution in [2.45, 2.75) is 39.3 Å². The van der Waals surface area contributed by atoms with Crippen LogP contribution in [0.4, 0.5) is 0 Å². The van der Waals surface area contributed by atoms with Gasteiger partial charge in [-0.1, -0.05) is 26.1 Å². The molecule has 3 nitrogen and oxygen atoms in total. The van der Waals surface area contributed by atoms with Crippen molar-refractivity contribution in [1.29, 1.82) is 0 Å². The molecule has 0 rings (SSSR count). The molecule has 0 aromatic rings. The lowest BCUT2D eigenvalue weighted by atomic mass is 10.1. The lowest BCUT2D eigenvalue weighted by Crippen LogP contribution is -2.49. The minimum atomic E-state index is 0.195. The zero-order valence-corrected chi connectivity index (χ0v) is 10.4. The number of thiocarbonyl (C=S) groups is 1. The second kappa shape index (κ2) is 7.15. The van der Waals surface area contributed by atoms with E-state index in [1.165, 1.54) is 0 Å². The van der Waals surface area contributed by atoms with Crippen LogP contribution >= 0.6 is 12.2 Å². The van der Waals surface area contributed by atoms with Gasteiger partial charge >= 0.3 is 0 Å². The number of nitrogens with zero attached hydrogens (tertiary/aromatic N) is 1. The van der Waals surface area contributed by atoms with Crippen molar-refractivity contribution in [3.8, 4) is 0 Å². The number of rotatable bonds is 7. The third-order valence-corrected chi connectivity index (χ3v) is 2.73. The van der Waals surface area contributed by atoms with Crippen LogP contribution in [-0.2, 0) is 4.74 Å². The van der Waals surface area contributed by atoms with Gasteiger partial charge in [-0.3, -0.25) is 4.90 Å². The summed E-state index contributed by atoms with van der Waals surface area (Å²) in [6.07, 6.45) is 0.956. The number of likely N-dealkylation sites (N-methyl/N-ethyl adjacent to an activating group) is 1. The summed E-state index contributed by atoms with van der Waals surface area (Å²) in [5.41, 5.74) is 5.71. The molecule has 0 aliphatic heterocycles. The summed E-state index contributed by atoms with van der Waals surface area (Å²) in [5, 5.41) is 0. The van der Waals surface area contributed by atoms with Crippen molar-refractivity contribution in [3.05, 3.63) is 0 Å². The molecule has 0 spiro atoms. The van der Waals surface area contributed by atoms with Gasteiger partial charge in [0.1, 0.15) is 0 Å². The third-order valence-electron chi connectivity index (χ3n) is 2.45. The fraction of sp³-hybridized carbons (Fsp3) is 0.900. The quantitative estimate of drug-likeness (QED) is 0.656. The molecule has 0 fully saturated rings. The van der Waals surface area contributed by atoms with Crippen LogP contribution in [0.1, 0.15) is 27.2 Å². The topological polar surface area (TPSA) is 38.5 Å². The summed E-state index contributed by atoms with van der Waals surface area (Å²) in [6.45, 7) is 8.01. The van der Waals surface area contributed by atoms with Gasteiger partial charge in [0.05, 0.1) is 17.6 Å². The Labute approximate surface area is 92.6 Å². The lowest BCUT2D eigenvalue weighted by Gasteiger charge is -2.34. The van der Waals surface area contributed by atoms with Gasteiger partial charge in [0.2, 0.25) is 0 Å². The van der Waals surface area contributed by atoms with Crippen molar-refractivity contribution in [2.75, 3.05) is 20.3 Å². The molecule has 0 radical (unpaired) electrons. The molecular formula is C10H22N2OS. The van der Waals surface area contributed by atoms with Crippen LogP contribution < -0.4 is 5.73 Å². The van der Waals surface area contributed by atoms with E-state index >= 15 is 0 Å². The maximum atomic E-state index is 5.71. The Bertz CT molecular complexity index is 176. The molecule has 84 valence electrons. The van der Waals surface area contributed by atoms with Gasteiger partial charge in [0.25, 0.3) is 0 Å². The van der Waals surface area contributed by atoms with Crippen LogP contribution in [0.15, 0.2) is 0 Å². The molecule has 0 amide bonds. The molecular weight excluding hydrogens is 196 g/mol. The van der Waals surface area contributed by atoms with Gasteiger partial charge in [-0.2, -0.15) is 0 Å². The Morgan fingerprint density at radius 3 is 2.36 bits per heavy atom. The highest BCUT2D eigenvalue weighted by molar-refractivity contribution is 7.80. The van der Waals surface area contributed by atoms with Crippen LogP contribution in [0.2, 0.25) is 0 Å². The van der Waals surface area contributed by atoms with Gasteiger partial charge in [0.15, 0.2) is 0 Å². The maximum Gasteiger partial charge on any atom is 0.0902 e. The van der Waals surface area contributed by atoms with Crippen LogP contribution in [-0.4, -0.2) is 42.2 Å². The van der Waals surface area contributed by atoms with Crippen molar-refractivity contribution < 1.29 is 4.74 Å². The van der Waals surface area contributed by atoms with E-state index in [4.69, 9.17) is 22.7 Å².